The lowest BCUT2D eigenvalue weighted by molar-refractivity contribution is -0.131. The predicted molar refractivity (Wildman–Crippen MR) is 107 cm³/mol. The van der Waals surface area contributed by atoms with Gasteiger partial charge in [0.2, 0.25) is 17.7 Å². The third-order valence-corrected chi connectivity index (χ3v) is 4.34. The monoisotopic (exact) mass is 375 g/mol. The van der Waals surface area contributed by atoms with Crippen LogP contribution in [0.2, 0.25) is 0 Å². The van der Waals surface area contributed by atoms with E-state index in [1.54, 1.807) is 0 Å². The average Bonchev–Trinajstić information content (AvgIpc) is 2.61. The molecule has 3 amide bonds. The number of benzene rings is 1. The molecule has 0 aliphatic heterocycles. The van der Waals surface area contributed by atoms with Gasteiger partial charge < -0.3 is 16.4 Å². The fourth-order valence-corrected chi connectivity index (χ4v) is 2.93. The molecular formula is C21H33N3O3. The van der Waals surface area contributed by atoms with Crippen LogP contribution < -0.4 is 16.4 Å². The summed E-state index contributed by atoms with van der Waals surface area (Å²) in [5, 5.41) is 5.52. The molecular weight excluding hydrogens is 342 g/mol. The number of amides is 3. The molecule has 0 bridgehead atoms. The first-order valence-electron chi connectivity index (χ1n) is 9.84. The van der Waals surface area contributed by atoms with Crippen LogP contribution in [0.15, 0.2) is 30.3 Å². The molecule has 0 aromatic heterocycles. The number of nitrogens with one attached hydrogen (secondary N) is 2. The van der Waals surface area contributed by atoms with E-state index in [4.69, 9.17) is 5.73 Å². The summed E-state index contributed by atoms with van der Waals surface area (Å²) in [7, 11) is 0. The number of hydrogen-bond acceptors (Lipinski definition) is 3. The third-order valence-electron chi connectivity index (χ3n) is 4.34. The molecule has 6 nitrogen and oxygen atoms in total. The Morgan fingerprint density at radius 3 is 2.30 bits per heavy atom. The van der Waals surface area contributed by atoms with E-state index in [2.05, 4.69) is 17.6 Å². The topological polar surface area (TPSA) is 101 Å². The van der Waals surface area contributed by atoms with E-state index in [9.17, 15) is 14.4 Å². The summed E-state index contributed by atoms with van der Waals surface area (Å²) in [6.45, 7) is 4.03. The number of carbonyl (C=O) groups is 3. The second kappa shape index (κ2) is 12.9. The molecule has 0 radical (unpaired) electrons. The smallest absolute Gasteiger partial charge is 0.243 e. The van der Waals surface area contributed by atoms with Crippen LogP contribution in [-0.4, -0.2) is 29.8 Å². The Hall–Kier alpha value is -2.37. The van der Waals surface area contributed by atoms with Gasteiger partial charge >= 0.3 is 0 Å². The zero-order valence-corrected chi connectivity index (χ0v) is 16.5. The molecule has 0 spiro atoms. The second-order valence-corrected chi connectivity index (χ2v) is 7.05. The Labute approximate surface area is 162 Å². The minimum atomic E-state index is -0.927. The van der Waals surface area contributed by atoms with Gasteiger partial charge in [-0.3, -0.25) is 14.4 Å². The van der Waals surface area contributed by atoms with Gasteiger partial charge in [-0.05, 0) is 25.3 Å². The van der Waals surface area contributed by atoms with Gasteiger partial charge in [-0.1, -0.05) is 62.9 Å². The Balaban J connectivity index is 2.49. The Morgan fingerprint density at radius 1 is 1.00 bits per heavy atom. The predicted octanol–water partition coefficient (Wildman–Crippen LogP) is 2.45. The Morgan fingerprint density at radius 2 is 1.67 bits per heavy atom. The van der Waals surface area contributed by atoms with Crippen molar-refractivity contribution in [3.8, 4) is 0 Å². The molecule has 6 heteroatoms. The molecule has 0 aliphatic rings. The standard InChI is InChI=1S/C21H33N3O3/c1-3-4-5-6-10-13-20(26)24-18(15-19(22)25)21(27)23-16(2)14-17-11-8-7-9-12-17/h7-9,11-12,16,18H,3-6,10,13-15H2,1-2H3,(H2,22,25)(H,23,27)(H,24,26)/t16-,18+/m0/s1. The van der Waals surface area contributed by atoms with Gasteiger partial charge in [-0.2, -0.15) is 0 Å². The highest BCUT2D eigenvalue weighted by Gasteiger charge is 2.23. The molecule has 150 valence electrons. The van der Waals surface area contributed by atoms with E-state index < -0.39 is 11.9 Å². The van der Waals surface area contributed by atoms with E-state index in [-0.39, 0.29) is 24.3 Å². The highest BCUT2D eigenvalue weighted by atomic mass is 16.2. The molecule has 0 saturated heterocycles. The van der Waals surface area contributed by atoms with E-state index in [0.717, 1.165) is 37.7 Å². The normalized spacial score (nSPS) is 12.8. The molecule has 0 fully saturated rings. The first-order valence-corrected chi connectivity index (χ1v) is 9.84. The maximum absolute atomic E-state index is 12.5. The van der Waals surface area contributed by atoms with Crippen LogP contribution in [0.3, 0.4) is 0 Å². The Bertz CT molecular complexity index is 590. The van der Waals surface area contributed by atoms with Crippen LogP contribution in [0.5, 0.6) is 0 Å². The van der Waals surface area contributed by atoms with Crippen molar-refractivity contribution in [1.29, 1.82) is 0 Å². The fraction of sp³-hybridized carbons (Fsp3) is 0.571. The number of nitrogens with two attached hydrogens (primary N) is 1. The fourth-order valence-electron chi connectivity index (χ4n) is 2.93. The van der Waals surface area contributed by atoms with E-state index in [0.29, 0.717) is 12.8 Å². The van der Waals surface area contributed by atoms with Crippen LogP contribution in [0.25, 0.3) is 0 Å². The van der Waals surface area contributed by atoms with Gasteiger partial charge in [0.1, 0.15) is 6.04 Å². The molecule has 0 saturated carbocycles. The van der Waals surface area contributed by atoms with Crippen LogP contribution in [-0.2, 0) is 20.8 Å². The molecule has 1 aromatic rings. The summed E-state index contributed by atoms with van der Waals surface area (Å²) in [6, 6.07) is 8.76. The maximum Gasteiger partial charge on any atom is 0.243 e. The third kappa shape index (κ3) is 10.4. The highest BCUT2D eigenvalue weighted by molar-refractivity contribution is 5.91. The van der Waals surface area contributed by atoms with E-state index >= 15 is 0 Å². The van der Waals surface area contributed by atoms with Crippen LogP contribution in [0.1, 0.15) is 64.4 Å². The van der Waals surface area contributed by atoms with Crippen LogP contribution >= 0.6 is 0 Å². The van der Waals surface area contributed by atoms with Crippen molar-refractivity contribution in [3.05, 3.63) is 35.9 Å². The van der Waals surface area contributed by atoms with Crippen molar-refractivity contribution in [3.63, 3.8) is 0 Å². The molecule has 27 heavy (non-hydrogen) atoms. The summed E-state index contributed by atoms with van der Waals surface area (Å²) in [6.07, 6.45) is 6.00. The van der Waals surface area contributed by atoms with Crippen LogP contribution in [0.4, 0.5) is 0 Å². The summed E-state index contributed by atoms with van der Waals surface area (Å²) in [5.74, 6) is -1.21. The number of primary amides is 1. The molecule has 1 rings (SSSR count). The van der Waals surface area contributed by atoms with Gasteiger partial charge in [-0.15, -0.1) is 0 Å². The van der Waals surface area contributed by atoms with Gasteiger partial charge in [0.05, 0.1) is 6.42 Å². The summed E-state index contributed by atoms with van der Waals surface area (Å²) in [4.78, 5) is 35.9. The number of rotatable bonds is 13. The molecule has 2 atom stereocenters. The van der Waals surface area contributed by atoms with Gasteiger partial charge in [-0.25, -0.2) is 0 Å². The van der Waals surface area contributed by atoms with Crippen molar-refractivity contribution in [2.75, 3.05) is 0 Å². The first kappa shape index (κ1) is 22.7. The summed E-state index contributed by atoms with van der Waals surface area (Å²) < 4.78 is 0. The number of carbonyl (C=O) groups excluding carboxylic acids is 3. The minimum Gasteiger partial charge on any atom is -0.370 e. The molecule has 0 heterocycles. The molecule has 1 aromatic carbocycles. The summed E-state index contributed by atoms with van der Waals surface area (Å²) in [5.41, 5.74) is 6.35. The SMILES string of the molecule is CCCCCCCC(=O)N[C@H](CC(N)=O)C(=O)N[C@@H](C)Cc1ccccc1. The lowest BCUT2D eigenvalue weighted by Crippen LogP contribution is -2.50. The van der Waals surface area contributed by atoms with Gasteiger partial charge in [0.15, 0.2) is 0 Å². The van der Waals surface area contributed by atoms with Crippen molar-refractivity contribution in [2.24, 2.45) is 5.73 Å². The molecule has 0 aliphatic carbocycles. The van der Waals surface area contributed by atoms with E-state index in [1.165, 1.54) is 0 Å². The van der Waals surface area contributed by atoms with Gasteiger partial charge in [0, 0.05) is 12.5 Å². The van der Waals surface area contributed by atoms with E-state index in [1.807, 2.05) is 37.3 Å². The lowest BCUT2D eigenvalue weighted by Gasteiger charge is -2.20. The van der Waals surface area contributed by atoms with Crippen molar-refractivity contribution in [2.45, 2.75) is 77.3 Å². The quantitative estimate of drug-likeness (QED) is 0.462. The first-order chi connectivity index (χ1) is 12.9. The number of hydrogen-bond donors (Lipinski definition) is 3. The Kier molecular flexibility index (Phi) is 10.8. The number of unbranched alkanes of at least 4 members (excludes halogenated alkanes) is 4. The maximum atomic E-state index is 12.5. The average molecular weight is 376 g/mol. The van der Waals surface area contributed by atoms with Crippen molar-refractivity contribution >= 4 is 17.7 Å². The minimum absolute atomic E-state index is 0.124. The second-order valence-electron chi connectivity index (χ2n) is 7.05. The van der Waals surface area contributed by atoms with Crippen molar-refractivity contribution < 1.29 is 14.4 Å². The zero-order valence-electron chi connectivity index (χ0n) is 16.5. The molecule has 4 N–H and O–H groups in total. The zero-order chi connectivity index (χ0) is 20.1. The van der Waals surface area contributed by atoms with Crippen molar-refractivity contribution in [1.82, 2.24) is 10.6 Å². The molecule has 0 unspecified atom stereocenters. The lowest BCUT2D eigenvalue weighted by atomic mass is 10.1. The van der Waals surface area contributed by atoms with Crippen LogP contribution in [0, 0.1) is 0 Å². The highest BCUT2D eigenvalue weighted by Crippen LogP contribution is 2.06. The largest absolute Gasteiger partial charge is 0.370 e. The summed E-state index contributed by atoms with van der Waals surface area (Å²) >= 11 is 0. The van der Waals surface area contributed by atoms with Gasteiger partial charge in [0.25, 0.3) is 0 Å².